The minimum absolute atomic E-state index is 0.0650. The monoisotopic (exact) mass is 456 g/mol. The Kier molecular flexibility index (Phi) is 8.97. The highest BCUT2D eigenvalue weighted by Gasteiger charge is 2.25. The third-order valence-corrected chi connectivity index (χ3v) is 4.71. The molecule has 0 spiro atoms. The SMILES string of the molecule is CCOc1ccc(C(=O)NC(C(=O)Nc2cc(C(=O)OC)cc(C(=O)OC)c2)C(C)C)cc1. The maximum atomic E-state index is 13.0. The Morgan fingerprint density at radius 2 is 1.39 bits per heavy atom. The molecule has 9 heteroatoms. The van der Waals surface area contributed by atoms with E-state index in [-0.39, 0.29) is 22.7 Å². The molecule has 2 N–H and O–H groups in total. The fourth-order valence-corrected chi connectivity index (χ4v) is 3.02. The number of benzene rings is 2. The van der Waals surface area contributed by atoms with E-state index in [0.717, 1.165) is 0 Å². The maximum Gasteiger partial charge on any atom is 0.337 e. The maximum absolute atomic E-state index is 13.0. The first-order valence-corrected chi connectivity index (χ1v) is 10.4. The molecule has 176 valence electrons. The summed E-state index contributed by atoms with van der Waals surface area (Å²) in [6, 6.07) is 9.75. The van der Waals surface area contributed by atoms with Crippen molar-refractivity contribution in [3.05, 3.63) is 59.2 Å². The molecule has 0 aliphatic rings. The molecule has 0 bridgehead atoms. The van der Waals surface area contributed by atoms with Gasteiger partial charge in [0.15, 0.2) is 0 Å². The van der Waals surface area contributed by atoms with Crippen LogP contribution < -0.4 is 15.4 Å². The lowest BCUT2D eigenvalue weighted by Crippen LogP contribution is -2.47. The minimum Gasteiger partial charge on any atom is -0.494 e. The summed E-state index contributed by atoms with van der Waals surface area (Å²) in [5, 5.41) is 5.38. The van der Waals surface area contributed by atoms with E-state index in [2.05, 4.69) is 10.6 Å². The highest BCUT2D eigenvalue weighted by Crippen LogP contribution is 2.19. The molecule has 2 aromatic rings. The summed E-state index contributed by atoms with van der Waals surface area (Å²) in [7, 11) is 2.41. The van der Waals surface area contributed by atoms with Gasteiger partial charge in [0.25, 0.3) is 5.91 Å². The number of amides is 2. The summed E-state index contributed by atoms with van der Waals surface area (Å²) in [5.41, 5.74) is 0.687. The molecule has 9 nitrogen and oxygen atoms in total. The molecule has 2 amide bonds. The van der Waals surface area contributed by atoms with E-state index < -0.39 is 29.8 Å². The summed E-state index contributed by atoms with van der Waals surface area (Å²) in [4.78, 5) is 49.6. The van der Waals surface area contributed by atoms with Crippen molar-refractivity contribution in [2.75, 3.05) is 26.1 Å². The first-order valence-electron chi connectivity index (χ1n) is 10.4. The van der Waals surface area contributed by atoms with Crippen LogP contribution in [-0.4, -0.2) is 50.6 Å². The highest BCUT2D eigenvalue weighted by molar-refractivity contribution is 6.03. The Hall–Kier alpha value is -3.88. The van der Waals surface area contributed by atoms with Gasteiger partial charge in [0.05, 0.1) is 32.0 Å². The second kappa shape index (κ2) is 11.7. The number of hydrogen-bond acceptors (Lipinski definition) is 7. The number of anilines is 1. The molecule has 0 fully saturated rings. The normalized spacial score (nSPS) is 11.3. The van der Waals surface area contributed by atoms with Crippen LogP contribution in [0.15, 0.2) is 42.5 Å². The third kappa shape index (κ3) is 6.80. The number of nitrogens with one attached hydrogen (secondary N) is 2. The van der Waals surface area contributed by atoms with Crippen molar-refractivity contribution in [3.63, 3.8) is 0 Å². The summed E-state index contributed by atoms with van der Waals surface area (Å²) < 4.78 is 14.8. The van der Waals surface area contributed by atoms with E-state index in [1.807, 2.05) is 6.92 Å². The van der Waals surface area contributed by atoms with Crippen molar-refractivity contribution in [3.8, 4) is 5.75 Å². The summed E-state index contributed by atoms with van der Waals surface area (Å²) >= 11 is 0. The fraction of sp³-hybridized carbons (Fsp3) is 0.333. The second-order valence-corrected chi connectivity index (χ2v) is 7.42. The van der Waals surface area contributed by atoms with Gasteiger partial charge in [0.2, 0.25) is 5.91 Å². The predicted octanol–water partition coefficient (Wildman–Crippen LogP) is 3.05. The predicted molar refractivity (Wildman–Crippen MR) is 121 cm³/mol. The van der Waals surface area contributed by atoms with Crippen LogP contribution in [0.3, 0.4) is 0 Å². The van der Waals surface area contributed by atoms with E-state index in [1.165, 1.54) is 32.4 Å². The van der Waals surface area contributed by atoms with Gasteiger partial charge in [-0.3, -0.25) is 9.59 Å². The Bertz CT molecular complexity index is 982. The lowest BCUT2D eigenvalue weighted by molar-refractivity contribution is -0.118. The van der Waals surface area contributed by atoms with Crippen molar-refractivity contribution >= 4 is 29.4 Å². The van der Waals surface area contributed by atoms with E-state index >= 15 is 0 Å². The number of ether oxygens (including phenoxy) is 3. The Morgan fingerprint density at radius 1 is 0.848 bits per heavy atom. The molecule has 0 heterocycles. The lowest BCUT2D eigenvalue weighted by atomic mass is 10.0. The topological polar surface area (TPSA) is 120 Å². The zero-order chi connectivity index (χ0) is 24.5. The van der Waals surface area contributed by atoms with Crippen LogP contribution in [0, 0.1) is 5.92 Å². The molecule has 0 saturated heterocycles. The first-order chi connectivity index (χ1) is 15.7. The highest BCUT2D eigenvalue weighted by atomic mass is 16.5. The number of carbonyl (C=O) groups is 4. The largest absolute Gasteiger partial charge is 0.494 e. The van der Waals surface area contributed by atoms with Gasteiger partial charge in [-0.1, -0.05) is 13.8 Å². The minimum atomic E-state index is -0.882. The third-order valence-electron chi connectivity index (χ3n) is 4.71. The lowest BCUT2D eigenvalue weighted by Gasteiger charge is -2.22. The van der Waals surface area contributed by atoms with Crippen LogP contribution in [0.5, 0.6) is 5.75 Å². The number of methoxy groups -OCH3 is 2. The molecule has 33 heavy (non-hydrogen) atoms. The van der Waals surface area contributed by atoms with Crippen LogP contribution in [-0.2, 0) is 14.3 Å². The molecular formula is C24H28N2O7. The molecule has 0 saturated carbocycles. The molecule has 2 rings (SSSR count). The van der Waals surface area contributed by atoms with E-state index in [0.29, 0.717) is 17.9 Å². The van der Waals surface area contributed by atoms with Crippen LogP contribution in [0.25, 0.3) is 0 Å². The van der Waals surface area contributed by atoms with Crippen molar-refractivity contribution in [1.82, 2.24) is 5.32 Å². The van der Waals surface area contributed by atoms with Crippen molar-refractivity contribution in [2.45, 2.75) is 26.8 Å². The summed E-state index contributed by atoms with van der Waals surface area (Å²) in [6.45, 7) is 5.94. The number of carbonyl (C=O) groups excluding carboxylic acids is 4. The van der Waals surface area contributed by atoms with Gasteiger partial charge in [-0.05, 0) is 55.3 Å². The quantitative estimate of drug-likeness (QED) is 0.557. The Labute approximate surface area is 192 Å². The first kappa shape index (κ1) is 25.4. The summed E-state index contributed by atoms with van der Waals surface area (Å²) in [5.74, 6) is -1.91. The van der Waals surface area contributed by atoms with Gasteiger partial charge in [0.1, 0.15) is 11.8 Å². The molecule has 0 radical (unpaired) electrons. The van der Waals surface area contributed by atoms with Crippen LogP contribution in [0.2, 0.25) is 0 Å². The number of hydrogen-bond donors (Lipinski definition) is 2. The van der Waals surface area contributed by atoms with Gasteiger partial charge in [-0.2, -0.15) is 0 Å². The van der Waals surface area contributed by atoms with Crippen LogP contribution >= 0.6 is 0 Å². The average molecular weight is 456 g/mol. The molecule has 0 aliphatic carbocycles. The smallest absolute Gasteiger partial charge is 0.337 e. The standard InChI is InChI=1S/C24H28N2O7/c1-6-33-19-9-7-15(8-10-19)21(27)26-20(14(2)3)22(28)25-18-12-16(23(29)31-4)11-17(13-18)24(30)32-5/h7-14,20H,6H2,1-5H3,(H,25,28)(H,26,27). The molecule has 1 atom stereocenters. The zero-order valence-electron chi connectivity index (χ0n) is 19.3. The fourth-order valence-electron chi connectivity index (χ4n) is 3.02. The average Bonchev–Trinajstić information content (AvgIpc) is 2.81. The second-order valence-electron chi connectivity index (χ2n) is 7.42. The summed E-state index contributed by atoms with van der Waals surface area (Å²) in [6.07, 6.45) is 0. The van der Waals surface area contributed by atoms with Crippen molar-refractivity contribution in [2.24, 2.45) is 5.92 Å². The Morgan fingerprint density at radius 3 is 1.85 bits per heavy atom. The van der Waals surface area contributed by atoms with Gasteiger partial charge >= 0.3 is 11.9 Å². The molecule has 0 aliphatic heterocycles. The van der Waals surface area contributed by atoms with E-state index in [4.69, 9.17) is 14.2 Å². The van der Waals surface area contributed by atoms with Crippen LogP contribution in [0.4, 0.5) is 5.69 Å². The van der Waals surface area contributed by atoms with Gasteiger partial charge in [-0.15, -0.1) is 0 Å². The number of esters is 2. The van der Waals surface area contributed by atoms with E-state index in [9.17, 15) is 19.2 Å². The molecule has 2 aromatic carbocycles. The van der Waals surface area contributed by atoms with Crippen molar-refractivity contribution < 1.29 is 33.4 Å². The van der Waals surface area contributed by atoms with Gasteiger partial charge in [0, 0.05) is 11.3 Å². The molecule has 1 unspecified atom stereocenters. The van der Waals surface area contributed by atoms with Crippen LogP contribution in [0.1, 0.15) is 51.8 Å². The molecule has 0 aromatic heterocycles. The Balaban J connectivity index is 2.23. The van der Waals surface area contributed by atoms with E-state index in [1.54, 1.807) is 38.1 Å². The van der Waals surface area contributed by atoms with Gasteiger partial charge in [-0.25, -0.2) is 9.59 Å². The number of rotatable bonds is 9. The molecular weight excluding hydrogens is 428 g/mol. The van der Waals surface area contributed by atoms with Gasteiger partial charge < -0.3 is 24.8 Å². The zero-order valence-corrected chi connectivity index (χ0v) is 19.3. The van der Waals surface area contributed by atoms with Crippen molar-refractivity contribution in [1.29, 1.82) is 0 Å².